The molecule has 4 nitrogen and oxygen atoms in total. The molecule has 0 bridgehead atoms. The van der Waals surface area contributed by atoms with Gasteiger partial charge in [0.15, 0.2) is 0 Å². The lowest BCUT2D eigenvalue weighted by Gasteiger charge is -2.37. The zero-order valence-electron chi connectivity index (χ0n) is 12.5. The number of nitrogens with zero attached hydrogens (tertiary/aromatic N) is 1. The number of benzene rings is 1. The van der Waals surface area contributed by atoms with Crippen molar-refractivity contribution in [3.63, 3.8) is 0 Å². The predicted octanol–water partition coefficient (Wildman–Crippen LogP) is 2.38. The molecule has 0 saturated carbocycles. The molecule has 1 aliphatic rings. The number of piperidine rings is 1. The maximum atomic E-state index is 13.5. The molecule has 2 unspecified atom stereocenters. The van der Waals surface area contributed by atoms with E-state index in [2.05, 4.69) is 12.2 Å². The van der Waals surface area contributed by atoms with Crippen molar-refractivity contribution in [2.45, 2.75) is 25.8 Å². The summed E-state index contributed by atoms with van der Waals surface area (Å²) >= 11 is 0. The summed E-state index contributed by atoms with van der Waals surface area (Å²) in [6.07, 6.45) is 1.97. The molecule has 1 heterocycles. The zero-order chi connectivity index (χ0) is 15.4. The summed E-state index contributed by atoms with van der Waals surface area (Å²) in [4.78, 5) is 14.0. The maximum Gasteiger partial charge on any atom is 0.238 e. The van der Waals surface area contributed by atoms with E-state index in [-0.39, 0.29) is 36.6 Å². The summed E-state index contributed by atoms with van der Waals surface area (Å²) in [5, 5.41) is 2.42. The van der Waals surface area contributed by atoms with Crippen LogP contribution in [0.3, 0.4) is 0 Å². The van der Waals surface area contributed by atoms with Crippen LogP contribution >= 0.6 is 12.4 Å². The first-order valence-electron chi connectivity index (χ1n) is 7.18. The van der Waals surface area contributed by atoms with Crippen LogP contribution < -0.4 is 11.1 Å². The second-order valence-corrected chi connectivity index (χ2v) is 5.66. The topological polar surface area (TPSA) is 58.4 Å². The van der Waals surface area contributed by atoms with Gasteiger partial charge in [0, 0.05) is 18.7 Å². The molecular formula is C15H22ClF2N3O. The molecule has 1 aromatic rings. The van der Waals surface area contributed by atoms with Crippen LogP contribution in [0, 0.1) is 17.6 Å². The Morgan fingerprint density at radius 3 is 2.86 bits per heavy atom. The van der Waals surface area contributed by atoms with Crippen LogP contribution in [-0.4, -0.2) is 36.5 Å². The number of halogens is 3. The fraction of sp³-hybridized carbons (Fsp3) is 0.533. The fourth-order valence-electron chi connectivity index (χ4n) is 2.72. The molecule has 0 aromatic heterocycles. The highest BCUT2D eigenvalue weighted by molar-refractivity contribution is 5.92. The highest BCUT2D eigenvalue weighted by Gasteiger charge is 2.26. The summed E-state index contributed by atoms with van der Waals surface area (Å²) in [6.45, 7) is 3.60. The van der Waals surface area contributed by atoms with Crippen LogP contribution in [0.25, 0.3) is 0 Å². The number of hydrogen-bond donors (Lipinski definition) is 2. The van der Waals surface area contributed by atoms with Gasteiger partial charge in [0.1, 0.15) is 11.6 Å². The van der Waals surface area contributed by atoms with E-state index in [1.807, 2.05) is 4.90 Å². The molecule has 0 aliphatic carbocycles. The van der Waals surface area contributed by atoms with E-state index >= 15 is 0 Å². The van der Waals surface area contributed by atoms with Crippen molar-refractivity contribution in [3.8, 4) is 0 Å². The standard InChI is InChI=1S/C15H21F2N3O.ClH/c1-10-4-5-20(12(6-10)8-18)9-15(21)19-14-7-11(16)2-3-13(14)17;/h2-3,7,10,12H,4-6,8-9,18H2,1H3,(H,19,21);1H. The van der Waals surface area contributed by atoms with Gasteiger partial charge in [-0.25, -0.2) is 8.78 Å². The summed E-state index contributed by atoms with van der Waals surface area (Å²) in [5.41, 5.74) is 5.62. The summed E-state index contributed by atoms with van der Waals surface area (Å²) in [5.74, 6) is -0.989. The van der Waals surface area contributed by atoms with E-state index in [1.165, 1.54) is 0 Å². The summed E-state index contributed by atoms with van der Waals surface area (Å²) < 4.78 is 26.6. The largest absolute Gasteiger partial charge is 0.329 e. The first-order chi connectivity index (χ1) is 9.99. The van der Waals surface area contributed by atoms with Crippen molar-refractivity contribution in [2.75, 3.05) is 25.0 Å². The van der Waals surface area contributed by atoms with E-state index in [1.54, 1.807) is 0 Å². The Balaban J connectivity index is 0.00000242. The van der Waals surface area contributed by atoms with Gasteiger partial charge in [-0.3, -0.25) is 9.69 Å². The Labute approximate surface area is 135 Å². The fourth-order valence-corrected chi connectivity index (χ4v) is 2.72. The number of hydrogen-bond acceptors (Lipinski definition) is 3. The van der Waals surface area contributed by atoms with E-state index in [0.29, 0.717) is 12.5 Å². The van der Waals surface area contributed by atoms with Crippen molar-refractivity contribution in [1.29, 1.82) is 0 Å². The number of rotatable bonds is 4. The Kier molecular flexibility index (Phi) is 7.19. The number of nitrogens with two attached hydrogens (primary N) is 1. The van der Waals surface area contributed by atoms with Crippen molar-refractivity contribution in [3.05, 3.63) is 29.8 Å². The van der Waals surface area contributed by atoms with Crippen molar-refractivity contribution in [2.24, 2.45) is 11.7 Å². The van der Waals surface area contributed by atoms with Gasteiger partial charge in [0.05, 0.1) is 12.2 Å². The molecule has 0 radical (unpaired) electrons. The average Bonchev–Trinajstić information content (AvgIpc) is 2.44. The number of carbonyl (C=O) groups is 1. The molecule has 2 atom stereocenters. The van der Waals surface area contributed by atoms with E-state index < -0.39 is 11.6 Å². The molecule has 124 valence electrons. The summed E-state index contributed by atoms with van der Waals surface area (Å²) in [6, 6.07) is 3.15. The molecule has 1 aliphatic heterocycles. The zero-order valence-corrected chi connectivity index (χ0v) is 13.3. The Morgan fingerprint density at radius 2 is 2.18 bits per heavy atom. The Bertz CT molecular complexity index is 516. The van der Waals surface area contributed by atoms with Gasteiger partial charge in [0.2, 0.25) is 5.91 Å². The molecule has 1 fully saturated rings. The van der Waals surface area contributed by atoms with Crippen molar-refractivity contribution < 1.29 is 13.6 Å². The number of likely N-dealkylation sites (tertiary alicyclic amines) is 1. The number of nitrogens with one attached hydrogen (secondary N) is 1. The second kappa shape index (κ2) is 8.41. The van der Waals surface area contributed by atoms with Crippen LogP contribution in [0.1, 0.15) is 19.8 Å². The quantitative estimate of drug-likeness (QED) is 0.889. The third-order valence-electron chi connectivity index (χ3n) is 3.92. The molecule has 2 rings (SSSR count). The third-order valence-corrected chi connectivity index (χ3v) is 3.92. The van der Waals surface area contributed by atoms with Crippen LogP contribution in [0.4, 0.5) is 14.5 Å². The van der Waals surface area contributed by atoms with Crippen LogP contribution in [0.2, 0.25) is 0 Å². The van der Waals surface area contributed by atoms with E-state index in [0.717, 1.165) is 37.6 Å². The number of amides is 1. The van der Waals surface area contributed by atoms with E-state index in [9.17, 15) is 13.6 Å². The van der Waals surface area contributed by atoms with Gasteiger partial charge >= 0.3 is 0 Å². The Hall–Kier alpha value is -1.24. The lowest BCUT2D eigenvalue weighted by molar-refractivity contribution is -0.118. The first kappa shape index (κ1) is 18.8. The predicted molar refractivity (Wildman–Crippen MR) is 85.0 cm³/mol. The van der Waals surface area contributed by atoms with Crippen molar-refractivity contribution >= 4 is 24.0 Å². The molecule has 1 amide bonds. The van der Waals surface area contributed by atoms with E-state index in [4.69, 9.17) is 5.73 Å². The minimum absolute atomic E-state index is 0. The molecule has 1 aromatic carbocycles. The SMILES string of the molecule is CC1CCN(CC(=O)Nc2cc(F)ccc2F)C(CN)C1.Cl. The molecule has 7 heteroatoms. The highest BCUT2D eigenvalue weighted by atomic mass is 35.5. The number of carbonyl (C=O) groups excluding carboxylic acids is 1. The molecule has 22 heavy (non-hydrogen) atoms. The highest BCUT2D eigenvalue weighted by Crippen LogP contribution is 2.22. The smallest absolute Gasteiger partial charge is 0.238 e. The van der Waals surface area contributed by atoms with Gasteiger partial charge in [-0.1, -0.05) is 6.92 Å². The molecule has 1 saturated heterocycles. The monoisotopic (exact) mass is 333 g/mol. The molecule has 3 N–H and O–H groups in total. The Morgan fingerprint density at radius 1 is 1.45 bits per heavy atom. The average molecular weight is 334 g/mol. The van der Waals surface area contributed by atoms with Crippen LogP contribution in [-0.2, 0) is 4.79 Å². The molecule has 0 spiro atoms. The van der Waals surface area contributed by atoms with Gasteiger partial charge in [-0.2, -0.15) is 0 Å². The lowest BCUT2D eigenvalue weighted by Crippen LogP contribution is -2.49. The number of anilines is 1. The normalized spacial score (nSPS) is 22.0. The lowest BCUT2D eigenvalue weighted by atomic mass is 9.92. The molecular weight excluding hydrogens is 312 g/mol. The van der Waals surface area contributed by atoms with Crippen molar-refractivity contribution in [1.82, 2.24) is 4.90 Å². The minimum atomic E-state index is -0.646. The van der Waals surface area contributed by atoms with Gasteiger partial charge in [-0.15, -0.1) is 12.4 Å². The maximum absolute atomic E-state index is 13.5. The third kappa shape index (κ3) is 4.90. The van der Waals surface area contributed by atoms with Gasteiger partial charge in [0.25, 0.3) is 0 Å². The summed E-state index contributed by atoms with van der Waals surface area (Å²) in [7, 11) is 0. The van der Waals surface area contributed by atoms with Crippen LogP contribution in [0.5, 0.6) is 0 Å². The second-order valence-electron chi connectivity index (χ2n) is 5.66. The minimum Gasteiger partial charge on any atom is -0.329 e. The van der Waals surface area contributed by atoms with Crippen LogP contribution in [0.15, 0.2) is 18.2 Å². The van der Waals surface area contributed by atoms with Gasteiger partial charge in [-0.05, 0) is 37.4 Å². The first-order valence-corrected chi connectivity index (χ1v) is 7.18. The van der Waals surface area contributed by atoms with Gasteiger partial charge < -0.3 is 11.1 Å².